The third-order valence-corrected chi connectivity index (χ3v) is 11.4. The summed E-state index contributed by atoms with van der Waals surface area (Å²) in [6.07, 6.45) is 3.00. The second kappa shape index (κ2) is 15.4. The number of nitrogens with zero attached hydrogens (tertiary/aromatic N) is 3. The second-order valence-electron chi connectivity index (χ2n) is 11.6. The maximum absolute atomic E-state index is 6.42. The molecule has 0 aliphatic carbocycles. The summed E-state index contributed by atoms with van der Waals surface area (Å²) in [6.45, 7) is 6.85. The molecule has 0 bridgehead atoms. The van der Waals surface area contributed by atoms with Gasteiger partial charge >= 0.3 is 217 Å². The van der Waals surface area contributed by atoms with Crippen LogP contribution >= 0.6 is 0 Å². The van der Waals surface area contributed by atoms with Gasteiger partial charge in [-0.1, -0.05) is 12.1 Å². The number of pyridine rings is 1. The summed E-state index contributed by atoms with van der Waals surface area (Å²) in [5, 5.41) is 2.22. The van der Waals surface area contributed by atoms with Crippen LogP contribution in [-0.4, -0.2) is 19.0 Å². The summed E-state index contributed by atoms with van der Waals surface area (Å²) in [6, 6.07) is 47.9. The number of benzene rings is 5. The van der Waals surface area contributed by atoms with Crippen molar-refractivity contribution in [2.45, 2.75) is 33.1 Å². The van der Waals surface area contributed by atoms with Crippen LogP contribution in [0.25, 0.3) is 61.3 Å². The molecule has 6 heteroatoms. The Morgan fingerprint density at radius 1 is 0.792 bits per heavy atom. The number of imidazole rings is 1. The van der Waals surface area contributed by atoms with Crippen LogP contribution in [0.2, 0.25) is 0 Å². The Hall–Kier alpha value is -4.10. The van der Waals surface area contributed by atoms with Gasteiger partial charge in [-0.05, 0) is 11.8 Å². The molecule has 4 nitrogen and oxygen atoms in total. The molecular weight excluding hydrogens is 882 g/mol. The van der Waals surface area contributed by atoms with Crippen LogP contribution < -0.4 is 21.2 Å². The summed E-state index contributed by atoms with van der Waals surface area (Å²) in [7, 11) is 0. The van der Waals surface area contributed by atoms with Crippen LogP contribution in [0.15, 0.2) is 132 Å². The molecule has 0 N–H and O–H groups in total. The Morgan fingerprint density at radius 2 is 1.60 bits per heavy atom. The van der Waals surface area contributed by atoms with Gasteiger partial charge in [0.2, 0.25) is 0 Å². The molecule has 0 saturated heterocycles. The van der Waals surface area contributed by atoms with Crippen LogP contribution in [0.3, 0.4) is 0 Å². The van der Waals surface area contributed by atoms with Crippen molar-refractivity contribution in [2.75, 3.05) is 4.43 Å². The smallest absolute Gasteiger partial charge is 0.0160 e. The van der Waals surface area contributed by atoms with Crippen molar-refractivity contribution < 1.29 is 45.7 Å². The molecule has 0 atom stereocenters. The third-order valence-electron chi connectivity index (χ3n) is 8.06. The zero-order valence-corrected chi connectivity index (χ0v) is 31.6. The van der Waals surface area contributed by atoms with Crippen molar-refractivity contribution in [3.63, 3.8) is 0 Å². The zero-order valence-electron chi connectivity index (χ0n) is 27.1. The first-order valence-electron chi connectivity index (χ1n) is 16.0. The molecule has 3 heterocycles. The van der Waals surface area contributed by atoms with Crippen LogP contribution in [0.4, 0.5) is 0 Å². The van der Waals surface area contributed by atoms with Gasteiger partial charge in [-0.2, -0.15) is 0 Å². The van der Waals surface area contributed by atoms with Gasteiger partial charge in [0, 0.05) is 26.3 Å². The molecule has 0 spiro atoms. The first-order chi connectivity index (χ1) is 23.1. The van der Waals surface area contributed by atoms with Crippen molar-refractivity contribution in [1.82, 2.24) is 14.5 Å². The van der Waals surface area contributed by atoms with Gasteiger partial charge in [-0.25, -0.2) is 0 Å². The number of hydrogen-bond acceptors (Lipinski definition) is 3. The molecule has 0 aliphatic rings. The molecule has 0 fully saturated rings. The van der Waals surface area contributed by atoms with Crippen LogP contribution in [0, 0.1) is 15.7 Å². The fraction of sp³-hybridized carbons (Fsp3) is 0.143. The summed E-state index contributed by atoms with van der Waals surface area (Å²) >= 11 is -0.118. The normalized spacial score (nSPS) is 11.2. The molecule has 48 heavy (non-hydrogen) atoms. The Kier molecular flexibility index (Phi) is 10.9. The van der Waals surface area contributed by atoms with Gasteiger partial charge in [0.15, 0.2) is 0 Å². The summed E-state index contributed by atoms with van der Waals surface area (Å²) in [5.41, 5.74) is 9.43. The Labute approximate surface area is 305 Å². The van der Waals surface area contributed by atoms with E-state index in [-0.39, 0.29) is 41.3 Å². The number of para-hydroxylation sites is 4. The molecule has 8 rings (SSSR count). The van der Waals surface area contributed by atoms with E-state index in [2.05, 4.69) is 103 Å². The van der Waals surface area contributed by atoms with E-state index in [1.165, 1.54) is 25.7 Å². The predicted octanol–water partition coefficient (Wildman–Crippen LogP) is 7.73. The van der Waals surface area contributed by atoms with Crippen molar-refractivity contribution in [3.8, 4) is 28.3 Å². The predicted molar refractivity (Wildman–Crippen MR) is 189 cm³/mol. The van der Waals surface area contributed by atoms with Crippen molar-refractivity contribution >= 4 is 33.0 Å². The van der Waals surface area contributed by atoms with Gasteiger partial charge in [-0.15, -0.1) is 35.9 Å². The van der Waals surface area contributed by atoms with E-state index in [0.717, 1.165) is 55.6 Å². The first-order valence-corrected chi connectivity index (χ1v) is 18.6. The van der Waals surface area contributed by atoms with Gasteiger partial charge in [0.25, 0.3) is 0 Å². The van der Waals surface area contributed by atoms with Crippen molar-refractivity contribution in [1.29, 1.82) is 0 Å². The number of alkyl halides is 1. The number of halogens is 1. The molecule has 1 radical (unpaired) electrons. The van der Waals surface area contributed by atoms with E-state index in [4.69, 9.17) is 9.40 Å². The molecule has 3 aromatic heterocycles. The number of fused-ring (bicyclic) bond motifs is 4. The topological polar surface area (TPSA) is 43.9 Å². The van der Waals surface area contributed by atoms with Crippen LogP contribution in [0.1, 0.15) is 38.7 Å². The third kappa shape index (κ3) is 6.75. The minimum Gasteiger partial charge on any atom is -0.305 e. The molecule has 0 amide bonds. The number of hydrogen-bond donors (Lipinski definition) is 0. The number of aromatic nitrogens is 3. The Morgan fingerprint density at radius 3 is 2.40 bits per heavy atom. The summed E-state index contributed by atoms with van der Waals surface area (Å²) in [5.74, 6) is 1.29. The largest absolute Gasteiger partial charge is 0.305 e. The molecule has 0 aliphatic heterocycles. The number of rotatable bonds is 7. The number of furan rings is 1. The van der Waals surface area contributed by atoms with Crippen LogP contribution in [0.5, 0.6) is 0 Å². The summed E-state index contributed by atoms with van der Waals surface area (Å²) < 4.78 is 11.5. The van der Waals surface area contributed by atoms with Gasteiger partial charge < -0.3 is 4.98 Å². The summed E-state index contributed by atoms with van der Waals surface area (Å²) in [4.78, 5) is 9.40. The van der Waals surface area contributed by atoms with E-state index in [0.29, 0.717) is 5.92 Å². The van der Waals surface area contributed by atoms with E-state index >= 15 is 0 Å². The first kappa shape index (κ1) is 33.8. The molecule has 243 valence electrons. The molecule has 5 aromatic carbocycles. The Bertz CT molecular complexity index is 2240. The molecule has 0 unspecified atom stereocenters. The van der Waals surface area contributed by atoms with E-state index in [1.807, 2.05) is 60.7 Å². The van der Waals surface area contributed by atoms with Gasteiger partial charge in [0.1, 0.15) is 0 Å². The monoisotopic (exact) mass is 917 g/mol. The van der Waals surface area contributed by atoms with Crippen molar-refractivity contribution in [3.05, 3.63) is 149 Å². The average molecular weight is 917 g/mol. The van der Waals surface area contributed by atoms with Gasteiger partial charge in [0.05, 0.1) is 0 Å². The van der Waals surface area contributed by atoms with E-state index in [9.17, 15) is 0 Å². The average Bonchev–Trinajstić information content (AvgIpc) is 3.70. The minimum atomic E-state index is -0.118. The quantitative estimate of drug-likeness (QED) is 0.0936. The SMILES string of the molecule is CCC[I-]c1cccc(C(C)C)c1-n1c(-c2[c-]ccc3c2oc2ccccc23)nc2ccccc21.[Ir].[c-]1ccccc1-c1ccccn1. The standard InChI is InChI=1S/C31H27IN2O.C11H8N.Ir/c1-4-19-32-25-15-10-12-21(20(2)3)29(25)34-27-17-7-6-16-26(27)33-31(34)24-14-9-13-23-22-11-5-8-18-28(22)35-30(23)24;1-2-6-10(7-3-1)11-8-4-5-9-12-11;/h5-13,15-18,20H,4,19H2,1-3H3;1-6,8-9H;/q-2;-1;. The van der Waals surface area contributed by atoms with Crippen molar-refractivity contribution in [2.24, 2.45) is 0 Å². The van der Waals surface area contributed by atoms with Crippen LogP contribution in [-0.2, 0) is 20.1 Å². The fourth-order valence-electron chi connectivity index (χ4n) is 5.89. The maximum Gasteiger partial charge on any atom is 0.0160 e. The van der Waals surface area contributed by atoms with E-state index < -0.39 is 0 Å². The molecule has 0 saturated carbocycles. The Balaban J connectivity index is 0.000000260. The minimum absolute atomic E-state index is 0. The fourth-order valence-corrected chi connectivity index (χ4v) is 8.39. The maximum atomic E-state index is 6.42. The molecular formula is C42H35IIrN3O-3. The second-order valence-corrected chi connectivity index (χ2v) is 14.6. The van der Waals surface area contributed by atoms with Gasteiger partial charge in [-0.3, -0.25) is 0 Å². The van der Waals surface area contributed by atoms with E-state index in [1.54, 1.807) is 6.20 Å². The zero-order chi connectivity index (χ0) is 32.2. The molecule has 8 aromatic rings.